The molecule has 1 saturated heterocycles. The van der Waals surface area contributed by atoms with Crippen LogP contribution in [0.1, 0.15) is 33.1 Å². The fourth-order valence-electron chi connectivity index (χ4n) is 1.53. The summed E-state index contributed by atoms with van der Waals surface area (Å²) in [5, 5.41) is 11.7. The van der Waals surface area contributed by atoms with Crippen molar-refractivity contribution in [2.24, 2.45) is 5.41 Å². The number of carboxylic acid groups (broad SMARTS) is 1. The second-order valence-electron chi connectivity index (χ2n) is 4.44. The summed E-state index contributed by atoms with van der Waals surface area (Å²) < 4.78 is 5.21. The van der Waals surface area contributed by atoms with Crippen LogP contribution in [0.3, 0.4) is 0 Å². The van der Waals surface area contributed by atoms with E-state index in [4.69, 9.17) is 9.84 Å². The summed E-state index contributed by atoms with van der Waals surface area (Å²) in [6.45, 7) is 4.19. The van der Waals surface area contributed by atoms with E-state index in [1.165, 1.54) is 0 Å². The maximum absolute atomic E-state index is 11.6. The van der Waals surface area contributed by atoms with Gasteiger partial charge >= 0.3 is 5.97 Å². The molecule has 0 aromatic carbocycles. The first-order valence-corrected chi connectivity index (χ1v) is 5.62. The molecule has 2 atom stereocenters. The lowest BCUT2D eigenvalue weighted by atomic mass is 9.87. The lowest BCUT2D eigenvalue weighted by Gasteiger charge is -2.24. The van der Waals surface area contributed by atoms with Gasteiger partial charge in [0, 0.05) is 13.2 Å². The maximum Gasteiger partial charge on any atom is 0.311 e. The van der Waals surface area contributed by atoms with E-state index in [-0.39, 0.29) is 12.5 Å². The van der Waals surface area contributed by atoms with Crippen molar-refractivity contribution >= 4 is 11.9 Å². The second-order valence-corrected chi connectivity index (χ2v) is 4.44. The summed E-state index contributed by atoms with van der Waals surface area (Å²) in [5.41, 5.74) is -0.895. The zero-order valence-corrected chi connectivity index (χ0v) is 9.78. The lowest BCUT2D eigenvalue weighted by molar-refractivity contribution is -0.148. The van der Waals surface area contributed by atoms with Gasteiger partial charge < -0.3 is 15.2 Å². The molecule has 5 nitrogen and oxygen atoms in total. The van der Waals surface area contributed by atoms with Gasteiger partial charge in [-0.2, -0.15) is 0 Å². The van der Waals surface area contributed by atoms with Gasteiger partial charge in [0.05, 0.1) is 5.41 Å². The number of aliphatic carboxylic acids is 1. The Balaban J connectivity index is 2.43. The Bertz CT molecular complexity index is 273. The number of carbonyl (C=O) groups excluding carboxylic acids is 1. The molecule has 0 aromatic rings. The molecule has 1 unspecified atom stereocenters. The summed E-state index contributed by atoms with van der Waals surface area (Å²) in [7, 11) is 0. The summed E-state index contributed by atoms with van der Waals surface area (Å²) in [6.07, 6.45) is 1.70. The molecule has 0 radical (unpaired) electrons. The Morgan fingerprint density at radius 2 is 2.25 bits per heavy atom. The zero-order valence-electron chi connectivity index (χ0n) is 9.78. The van der Waals surface area contributed by atoms with Crippen LogP contribution in [0.2, 0.25) is 0 Å². The van der Waals surface area contributed by atoms with Crippen LogP contribution in [0.15, 0.2) is 0 Å². The van der Waals surface area contributed by atoms with Gasteiger partial charge in [-0.25, -0.2) is 0 Å². The van der Waals surface area contributed by atoms with Crippen LogP contribution in [0.25, 0.3) is 0 Å². The van der Waals surface area contributed by atoms with E-state index < -0.39 is 17.5 Å². The van der Waals surface area contributed by atoms with Gasteiger partial charge in [-0.1, -0.05) is 6.92 Å². The van der Waals surface area contributed by atoms with Crippen LogP contribution in [0, 0.1) is 5.41 Å². The minimum atomic E-state index is -0.895. The van der Waals surface area contributed by atoms with Crippen molar-refractivity contribution in [1.82, 2.24) is 5.32 Å². The number of hydrogen-bond donors (Lipinski definition) is 2. The minimum absolute atomic E-state index is 0.150. The van der Waals surface area contributed by atoms with Crippen LogP contribution >= 0.6 is 0 Å². The fourth-order valence-corrected chi connectivity index (χ4v) is 1.53. The van der Waals surface area contributed by atoms with E-state index in [1.807, 2.05) is 0 Å². The van der Waals surface area contributed by atoms with Crippen molar-refractivity contribution in [3.05, 3.63) is 0 Å². The van der Waals surface area contributed by atoms with Crippen LogP contribution < -0.4 is 5.32 Å². The summed E-state index contributed by atoms with van der Waals surface area (Å²) in [6, 6.07) is 0. The average molecular weight is 229 g/mol. The summed E-state index contributed by atoms with van der Waals surface area (Å²) in [5.74, 6) is -1.08. The van der Waals surface area contributed by atoms with Crippen LogP contribution in [-0.2, 0) is 14.3 Å². The predicted octanol–water partition coefficient (Wildman–Crippen LogP) is 0.782. The van der Waals surface area contributed by atoms with Gasteiger partial charge in [-0.05, 0) is 26.2 Å². The predicted molar refractivity (Wildman–Crippen MR) is 58.0 cm³/mol. The molecule has 1 fully saturated rings. The van der Waals surface area contributed by atoms with E-state index in [1.54, 1.807) is 13.8 Å². The van der Waals surface area contributed by atoms with Gasteiger partial charge in [0.25, 0.3) is 0 Å². The minimum Gasteiger partial charge on any atom is -0.481 e. The van der Waals surface area contributed by atoms with Gasteiger partial charge in [0.2, 0.25) is 5.91 Å². The monoisotopic (exact) mass is 229 g/mol. The van der Waals surface area contributed by atoms with E-state index in [2.05, 4.69) is 5.32 Å². The number of amides is 1. The topological polar surface area (TPSA) is 75.6 Å². The van der Waals surface area contributed by atoms with Gasteiger partial charge in [0.1, 0.15) is 6.10 Å². The molecule has 2 N–H and O–H groups in total. The van der Waals surface area contributed by atoms with Crippen LogP contribution in [0.5, 0.6) is 0 Å². The van der Waals surface area contributed by atoms with Crippen molar-refractivity contribution in [3.8, 4) is 0 Å². The average Bonchev–Trinajstić information content (AvgIpc) is 2.78. The Hall–Kier alpha value is -1.10. The van der Waals surface area contributed by atoms with Crippen molar-refractivity contribution in [2.75, 3.05) is 13.2 Å². The quantitative estimate of drug-likeness (QED) is 0.730. The smallest absolute Gasteiger partial charge is 0.311 e. The summed E-state index contributed by atoms with van der Waals surface area (Å²) in [4.78, 5) is 22.6. The van der Waals surface area contributed by atoms with Crippen molar-refractivity contribution in [1.29, 1.82) is 0 Å². The zero-order chi connectivity index (χ0) is 12.2. The van der Waals surface area contributed by atoms with Crippen molar-refractivity contribution < 1.29 is 19.4 Å². The van der Waals surface area contributed by atoms with Gasteiger partial charge in [-0.3, -0.25) is 9.59 Å². The molecule has 16 heavy (non-hydrogen) atoms. The maximum atomic E-state index is 11.6. The first kappa shape index (κ1) is 13.0. The Morgan fingerprint density at radius 3 is 2.69 bits per heavy atom. The fraction of sp³-hybridized carbons (Fsp3) is 0.818. The molecular weight excluding hydrogens is 210 g/mol. The summed E-state index contributed by atoms with van der Waals surface area (Å²) >= 11 is 0. The Labute approximate surface area is 95.2 Å². The molecule has 5 heteroatoms. The molecular formula is C11H19NO4. The third-order valence-electron chi connectivity index (χ3n) is 3.17. The Kier molecular flexibility index (Phi) is 4.29. The van der Waals surface area contributed by atoms with Crippen molar-refractivity contribution in [3.63, 3.8) is 0 Å². The number of nitrogens with one attached hydrogen (secondary N) is 1. The van der Waals surface area contributed by atoms with Gasteiger partial charge in [-0.15, -0.1) is 0 Å². The molecule has 0 aliphatic carbocycles. The largest absolute Gasteiger partial charge is 0.481 e. The molecule has 0 saturated carbocycles. The van der Waals surface area contributed by atoms with Crippen LogP contribution in [0.4, 0.5) is 0 Å². The molecule has 1 aliphatic heterocycles. The highest BCUT2D eigenvalue weighted by Crippen LogP contribution is 2.20. The van der Waals surface area contributed by atoms with E-state index >= 15 is 0 Å². The highest BCUT2D eigenvalue weighted by atomic mass is 16.5. The first-order valence-electron chi connectivity index (χ1n) is 5.62. The third-order valence-corrected chi connectivity index (χ3v) is 3.17. The molecule has 1 rings (SSSR count). The molecule has 0 aromatic heterocycles. The molecule has 1 amide bonds. The van der Waals surface area contributed by atoms with Gasteiger partial charge in [0.15, 0.2) is 0 Å². The van der Waals surface area contributed by atoms with E-state index in [0.717, 1.165) is 12.8 Å². The lowest BCUT2D eigenvalue weighted by Crippen LogP contribution is -2.44. The molecule has 92 valence electrons. The SMILES string of the molecule is CCC(C)(CNC(=O)[C@@H]1CCCO1)C(=O)O. The third kappa shape index (κ3) is 2.95. The highest BCUT2D eigenvalue weighted by molar-refractivity contribution is 5.82. The Morgan fingerprint density at radius 1 is 1.56 bits per heavy atom. The number of rotatable bonds is 5. The number of ether oxygens (including phenoxy) is 1. The van der Waals surface area contributed by atoms with E-state index in [0.29, 0.717) is 13.0 Å². The van der Waals surface area contributed by atoms with Crippen LogP contribution in [-0.4, -0.2) is 36.2 Å². The normalized spacial score (nSPS) is 23.8. The standard InChI is InChI=1S/C11H19NO4/c1-3-11(2,10(14)15)7-12-9(13)8-5-4-6-16-8/h8H,3-7H2,1-2H3,(H,12,13)(H,14,15)/t8-,11?/m0/s1. The van der Waals surface area contributed by atoms with Crippen molar-refractivity contribution in [2.45, 2.75) is 39.2 Å². The number of hydrogen-bond acceptors (Lipinski definition) is 3. The molecule has 1 heterocycles. The molecule has 1 aliphatic rings. The molecule has 0 bridgehead atoms. The second kappa shape index (κ2) is 5.30. The first-order chi connectivity index (χ1) is 7.49. The number of carbonyl (C=O) groups is 2. The highest BCUT2D eigenvalue weighted by Gasteiger charge is 2.33. The number of carboxylic acids is 1. The van der Waals surface area contributed by atoms with E-state index in [9.17, 15) is 9.59 Å². The molecule has 0 spiro atoms.